The molecule has 4 heterocycles. The van der Waals surface area contributed by atoms with Crippen LogP contribution in [0.15, 0.2) is 72.8 Å². The summed E-state index contributed by atoms with van der Waals surface area (Å²) in [5.74, 6) is -63.6. The molecule has 0 aromatic heterocycles. The van der Waals surface area contributed by atoms with Crippen LogP contribution in [0, 0.1) is 0 Å². The molecule has 9 aromatic rings. The van der Waals surface area contributed by atoms with Gasteiger partial charge >= 0.3 is 53.7 Å². The molecule has 0 amide bonds. The third kappa shape index (κ3) is 13.9. The molecule has 2 bridgehead atoms. The van der Waals surface area contributed by atoms with Crippen molar-refractivity contribution in [2.45, 2.75) is 61.0 Å². The highest BCUT2D eigenvalue weighted by molar-refractivity contribution is 6.12. The Morgan fingerprint density at radius 1 is 0.303 bits per heavy atom. The van der Waals surface area contributed by atoms with Gasteiger partial charge in [0.25, 0.3) is 0 Å². The minimum absolute atomic E-state index is 0.00338. The predicted molar refractivity (Wildman–Crippen MR) is 379 cm³/mol. The lowest BCUT2D eigenvalue weighted by Crippen LogP contribution is -2.63. The average molecular weight is 1710 g/mol. The van der Waals surface area contributed by atoms with Crippen molar-refractivity contribution in [3.63, 3.8) is 0 Å². The van der Waals surface area contributed by atoms with Crippen molar-refractivity contribution < 1.29 is 234 Å². The lowest BCUT2D eigenvalue weighted by molar-refractivity contribution is -0.282. The van der Waals surface area contributed by atoms with E-state index >= 15 is 19.2 Å². The zero-order chi connectivity index (χ0) is 89.2. The zero-order valence-corrected chi connectivity index (χ0v) is 59.9. The lowest BCUT2D eigenvalue weighted by atomic mass is 9.73. The van der Waals surface area contributed by atoms with E-state index in [1.54, 1.807) is 0 Å². The Kier molecular flexibility index (Phi) is 20.6. The van der Waals surface area contributed by atoms with Crippen molar-refractivity contribution in [1.29, 1.82) is 0 Å². The molecular weight excluding hydrogens is 1650 g/mol. The van der Waals surface area contributed by atoms with E-state index in [1.807, 2.05) is 0 Å². The molecule has 10 atom stereocenters. The van der Waals surface area contributed by atoms with Crippen LogP contribution < -0.4 is 0 Å². The molecule has 0 unspecified atom stereocenters. The minimum Gasteiger partial charge on any atom is -0.504 e. The van der Waals surface area contributed by atoms with E-state index in [-0.39, 0.29) is 18.2 Å². The van der Waals surface area contributed by atoms with E-state index in [9.17, 15) is 167 Å². The van der Waals surface area contributed by atoms with Crippen LogP contribution >= 0.6 is 0 Å². The fourth-order valence-electron chi connectivity index (χ4n) is 13.6. The van der Waals surface area contributed by atoms with Crippen LogP contribution in [0.2, 0.25) is 0 Å². The predicted octanol–water partition coefficient (Wildman–Crippen LogP) is 2.45. The Bertz CT molecular complexity index is 5990. The molecule has 9 aromatic carbocycles. The first-order valence-electron chi connectivity index (χ1n) is 33.9. The zero-order valence-electron chi connectivity index (χ0n) is 59.9. The molecule has 13 rings (SSSR count). The number of rotatable bonds is 13. The van der Waals surface area contributed by atoms with Gasteiger partial charge in [-0.2, -0.15) is 0 Å². The summed E-state index contributed by atoms with van der Waals surface area (Å²) in [5.41, 5.74) is -20.7. The van der Waals surface area contributed by atoms with E-state index in [0.717, 1.165) is 0 Å². The van der Waals surface area contributed by atoms with E-state index in [2.05, 4.69) is 0 Å². The second-order valence-corrected chi connectivity index (χ2v) is 26.7. The maximum absolute atomic E-state index is 16.4. The molecule has 122 heavy (non-hydrogen) atoms. The molecule has 47 heteroatoms. The van der Waals surface area contributed by atoms with Gasteiger partial charge in [0.05, 0.1) is 56.0 Å². The number of cyclic esters (lactones) is 3. The number of hydrogen-bond donors (Lipinski definition) is 28. The fourth-order valence-corrected chi connectivity index (χ4v) is 13.6. The average Bonchev–Trinajstić information content (AvgIpc) is 0.717. The number of carbonyl (C=O) groups is 9. The summed E-state index contributed by atoms with van der Waals surface area (Å²) in [7, 11) is 0. The summed E-state index contributed by atoms with van der Waals surface area (Å²) < 4.78 is 57.3. The monoisotopic (exact) mass is 1710 g/mol. The number of benzene rings is 9. The molecule has 1 fully saturated rings. The van der Waals surface area contributed by atoms with E-state index in [4.69, 9.17) is 47.4 Å². The van der Waals surface area contributed by atoms with Crippen LogP contribution in [0.25, 0.3) is 22.3 Å². The van der Waals surface area contributed by atoms with E-state index in [0.29, 0.717) is 54.6 Å². The smallest absolute Gasteiger partial charge is 0.340 e. The molecule has 4 aliphatic heterocycles. The number of hydrogen-bond acceptors (Lipinski definition) is 47. The van der Waals surface area contributed by atoms with Crippen molar-refractivity contribution in [3.8, 4) is 177 Å². The summed E-state index contributed by atoms with van der Waals surface area (Å²) in [6.45, 7) is -3.42. The number of aliphatic hydroxyl groups excluding tert-OH is 1. The highest BCUT2D eigenvalue weighted by Gasteiger charge is 2.59. The van der Waals surface area contributed by atoms with Crippen LogP contribution in [0.5, 0.6) is 155 Å². The van der Waals surface area contributed by atoms with Gasteiger partial charge < -0.3 is 190 Å². The quantitative estimate of drug-likeness (QED) is 0.0448. The molecule has 0 radical (unpaired) electrons. The minimum atomic E-state index is -3.33. The highest BCUT2D eigenvalue weighted by atomic mass is 16.8. The van der Waals surface area contributed by atoms with Gasteiger partial charge in [-0.05, 0) is 72.8 Å². The number of ether oxygens (including phenoxy) is 10. The van der Waals surface area contributed by atoms with Crippen LogP contribution in [0.3, 0.4) is 0 Å². The molecular formula is C75H54O47. The van der Waals surface area contributed by atoms with Crippen molar-refractivity contribution >= 4 is 53.7 Å². The van der Waals surface area contributed by atoms with Crippen molar-refractivity contribution in [2.24, 2.45) is 0 Å². The Morgan fingerprint density at radius 3 is 1.08 bits per heavy atom. The van der Waals surface area contributed by atoms with Crippen molar-refractivity contribution in [3.05, 3.63) is 134 Å². The van der Waals surface area contributed by atoms with Gasteiger partial charge in [-0.25, -0.2) is 43.2 Å². The van der Waals surface area contributed by atoms with E-state index < -0.39 is 367 Å². The fraction of sp³-hybridized carbons (Fsp3) is 0.160. The molecule has 47 nitrogen and oxygen atoms in total. The maximum atomic E-state index is 16.4. The van der Waals surface area contributed by atoms with Gasteiger partial charge in [0.1, 0.15) is 25.4 Å². The second-order valence-electron chi connectivity index (χ2n) is 26.7. The SMILES string of the molecule is O=C(OC[C@@H]1O[C@H](OC(=O)c2cc(O)c(O)c(O)c2)[C@H](OC(=O)c2cc(O)c(O)c(O)c2)[C@H](OC(=O)c2cc(O)c(O)c(O)c2[C@@H]2c3c(O)c(O)c(O)c4c3C(=O)O[C@H]2[C@@H]([C@H]2OC(=O)c3cc(O)c(O)c(O)c3-c3c(cc(O)c(O)c3O)C(=O)OC[C@@H]2O)OC(=O)c2cc(O)c(O)c(O)c2-4)[C@@H]1OC(=O)c1cc(O)c(O)c(O)c1)c1cc(O)c(O)c(O)c1. The first-order chi connectivity index (χ1) is 57.3. The number of carbonyl (C=O) groups excluding carboxylic acids is 9. The number of esters is 9. The Labute approximate surface area is 670 Å². The molecule has 0 aliphatic carbocycles. The summed E-state index contributed by atoms with van der Waals surface area (Å²) in [6, 6.07) is 3.68. The summed E-state index contributed by atoms with van der Waals surface area (Å²) >= 11 is 0. The second kappa shape index (κ2) is 30.4. The molecule has 0 saturated carbocycles. The molecule has 1 saturated heterocycles. The molecule has 636 valence electrons. The Hall–Kier alpha value is -17.3. The topological polar surface area (TPSA) is 812 Å². The number of aliphatic hydroxyl groups is 1. The number of phenolic OH excluding ortho intramolecular Hbond substituents is 27. The van der Waals surface area contributed by atoms with E-state index in [1.165, 1.54) is 0 Å². The molecule has 0 spiro atoms. The first-order valence-corrected chi connectivity index (χ1v) is 33.9. The van der Waals surface area contributed by atoms with Gasteiger partial charge in [0.15, 0.2) is 157 Å². The number of fused-ring (bicyclic) bond motifs is 7. The summed E-state index contributed by atoms with van der Waals surface area (Å²) in [6.07, 6.45) is -28.1. The maximum Gasteiger partial charge on any atom is 0.340 e. The normalized spacial score (nSPS) is 19.7. The van der Waals surface area contributed by atoms with Crippen molar-refractivity contribution in [2.75, 3.05) is 13.2 Å². The van der Waals surface area contributed by atoms with Gasteiger partial charge in [0.2, 0.25) is 41.1 Å². The highest BCUT2D eigenvalue weighted by Crippen LogP contribution is 2.62. The van der Waals surface area contributed by atoms with Gasteiger partial charge in [0, 0.05) is 33.4 Å². The Morgan fingerprint density at radius 2 is 0.639 bits per heavy atom. The van der Waals surface area contributed by atoms with Crippen LogP contribution in [-0.4, -0.2) is 265 Å². The van der Waals surface area contributed by atoms with Gasteiger partial charge in [-0.15, -0.1) is 0 Å². The molecule has 28 N–H and O–H groups in total. The van der Waals surface area contributed by atoms with Crippen LogP contribution in [0.4, 0.5) is 0 Å². The largest absolute Gasteiger partial charge is 0.504 e. The summed E-state index contributed by atoms with van der Waals surface area (Å²) in [4.78, 5) is 135. The number of phenols is 27. The molecule has 4 aliphatic rings. The third-order valence-electron chi connectivity index (χ3n) is 19.3. The Balaban J connectivity index is 1.08. The van der Waals surface area contributed by atoms with Gasteiger partial charge in [-0.3, -0.25) is 0 Å². The number of aromatic hydroxyl groups is 27. The third-order valence-corrected chi connectivity index (χ3v) is 19.3. The standard InChI is InChI=1S/C75H54O47/c76-23-1-15(2-24(77)45(23)89)66(104)114-14-36-61(117-67(105)16-3-25(78)46(90)26(79)4-16)64(65(121-68(106)17-5-27(80)47(91)28(81)6-17)75(115-36)122-69(107)18-7-29(82)48(92)30(83)8-18)120-73(111)22-12-34(87)52(96)56(100)40(22)43-42-44-41(57(101)59(103)58(42)102)39-21(11-33(86)51(95)55(39)99)72(110)119-63(62(43)118-74(44)112)60-35(88)13-113-70(108)19-9-31(84)49(93)53(97)37(19)38-20(71(109)116-60)10-32(85)50(94)54(38)98/h1-12,35-36,43,60-65,75-103H,13-14H2/t35-,36-,43+,60-,61+,62+,63+,64+,65+,75+/m0/s1. The van der Waals surface area contributed by atoms with Crippen LogP contribution in [0.1, 0.15) is 110 Å². The van der Waals surface area contributed by atoms with Gasteiger partial charge in [-0.1, -0.05) is 0 Å². The summed E-state index contributed by atoms with van der Waals surface area (Å²) in [5, 5.41) is 311. The van der Waals surface area contributed by atoms with Crippen molar-refractivity contribution in [1.82, 2.24) is 0 Å². The lowest BCUT2D eigenvalue weighted by Gasteiger charge is -2.44. The first kappa shape index (κ1) is 82.7. The van der Waals surface area contributed by atoms with Crippen LogP contribution in [-0.2, 0) is 47.4 Å².